The first-order valence-corrected chi connectivity index (χ1v) is 7.43. The largest absolute Gasteiger partial charge is 0.493 e. The Morgan fingerprint density at radius 2 is 2.05 bits per heavy atom. The number of nitrogens with one attached hydrogen (secondary N) is 1. The van der Waals surface area contributed by atoms with Crippen LogP contribution < -0.4 is 14.8 Å². The summed E-state index contributed by atoms with van der Waals surface area (Å²) in [4.78, 5) is 5.69. The van der Waals surface area contributed by atoms with Crippen molar-refractivity contribution < 1.29 is 9.47 Å². The number of anilines is 1. The molecule has 0 fully saturated rings. The van der Waals surface area contributed by atoms with Crippen molar-refractivity contribution in [2.45, 2.75) is 27.3 Å². The number of hydrogen-bond donors (Lipinski definition) is 1. The number of hydrogen-bond acceptors (Lipinski definition) is 5. The van der Waals surface area contributed by atoms with E-state index in [4.69, 9.17) is 9.47 Å². The van der Waals surface area contributed by atoms with E-state index < -0.39 is 0 Å². The smallest absolute Gasteiger partial charge is 0.163 e. The normalized spacial score (nSPS) is 10.4. The van der Waals surface area contributed by atoms with Crippen LogP contribution in [-0.2, 0) is 6.54 Å². The van der Waals surface area contributed by atoms with Crippen LogP contribution in [-0.4, -0.2) is 18.7 Å². The van der Waals surface area contributed by atoms with Crippen LogP contribution in [0.3, 0.4) is 0 Å². The third kappa shape index (κ3) is 3.42. The Balaban J connectivity index is 2.09. The zero-order valence-electron chi connectivity index (χ0n) is 12.3. The molecule has 2 rings (SSSR count). The highest BCUT2D eigenvalue weighted by Crippen LogP contribution is 2.30. The average molecular weight is 292 g/mol. The van der Waals surface area contributed by atoms with Crippen molar-refractivity contribution >= 4 is 17.0 Å². The molecule has 4 nitrogen and oxygen atoms in total. The topological polar surface area (TPSA) is 43.4 Å². The SMILES string of the molecule is CCOc1cc(NCc2sc(C)nc2C)ccc1OC. The van der Waals surface area contributed by atoms with Gasteiger partial charge in [-0.3, -0.25) is 0 Å². The minimum absolute atomic E-state index is 0.618. The summed E-state index contributed by atoms with van der Waals surface area (Å²) >= 11 is 1.73. The Bertz CT molecular complexity index is 581. The monoisotopic (exact) mass is 292 g/mol. The number of thiazole rings is 1. The third-order valence-electron chi connectivity index (χ3n) is 2.92. The summed E-state index contributed by atoms with van der Waals surface area (Å²) in [5.41, 5.74) is 2.11. The fourth-order valence-electron chi connectivity index (χ4n) is 1.97. The summed E-state index contributed by atoms with van der Waals surface area (Å²) in [6, 6.07) is 5.87. The first-order chi connectivity index (χ1) is 9.63. The van der Waals surface area contributed by atoms with Crippen molar-refractivity contribution in [2.24, 2.45) is 0 Å². The Kier molecular flexibility index (Phi) is 4.84. The van der Waals surface area contributed by atoms with Crippen LogP contribution in [0.25, 0.3) is 0 Å². The average Bonchev–Trinajstić information content (AvgIpc) is 2.75. The maximum absolute atomic E-state index is 5.57. The molecule has 0 aliphatic carbocycles. The number of benzene rings is 1. The molecule has 0 unspecified atom stereocenters. The Morgan fingerprint density at radius 3 is 2.65 bits per heavy atom. The summed E-state index contributed by atoms with van der Waals surface area (Å²) < 4.78 is 10.9. The van der Waals surface area contributed by atoms with E-state index in [0.29, 0.717) is 6.61 Å². The standard InChI is InChI=1S/C15H20N2O2S/c1-5-19-14-8-12(6-7-13(14)18-4)16-9-15-10(2)17-11(3)20-15/h6-8,16H,5,9H2,1-4H3. The van der Waals surface area contributed by atoms with Gasteiger partial charge in [-0.05, 0) is 32.9 Å². The summed E-state index contributed by atoms with van der Waals surface area (Å²) in [5.74, 6) is 1.51. The molecule has 0 amide bonds. The van der Waals surface area contributed by atoms with Gasteiger partial charge in [0.15, 0.2) is 11.5 Å². The number of nitrogens with zero attached hydrogens (tertiary/aromatic N) is 1. The molecule has 1 N–H and O–H groups in total. The zero-order valence-corrected chi connectivity index (χ0v) is 13.1. The van der Waals surface area contributed by atoms with Gasteiger partial charge in [-0.2, -0.15) is 0 Å². The molecule has 2 aromatic rings. The maximum atomic E-state index is 5.57. The maximum Gasteiger partial charge on any atom is 0.163 e. The van der Waals surface area contributed by atoms with Crippen LogP contribution in [0.5, 0.6) is 11.5 Å². The molecule has 1 heterocycles. The van der Waals surface area contributed by atoms with Gasteiger partial charge in [0.2, 0.25) is 0 Å². The lowest BCUT2D eigenvalue weighted by Gasteiger charge is -2.12. The van der Waals surface area contributed by atoms with E-state index in [1.807, 2.05) is 39.0 Å². The molecule has 1 aromatic heterocycles. The summed E-state index contributed by atoms with van der Waals surface area (Å²) in [7, 11) is 1.65. The van der Waals surface area contributed by atoms with Gasteiger partial charge in [-0.1, -0.05) is 0 Å². The molecule has 0 saturated carbocycles. The Morgan fingerprint density at radius 1 is 1.25 bits per heavy atom. The van der Waals surface area contributed by atoms with Gasteiger partial charge in [0.05, 0.1) is 31.0 Å². The fraction of sp³-hybridized carbons (Fsp3) is 0.400. The lowest BCUT2D eigenvalue weighted by atomic mass is 10.2. The van der Waals surface area contributed by atoms with Crippen molar-refractivity contribution in [1.82, 2.24) is 4.98 Å². The lowest BCUT2D eigenvalue weighted by molar-refractivity contribution is 0.311. The molecule has 0 saturated heterocycles. The molecule has 0 aliphatic heterocycles. The van der Waals surface area contributed by atoms with E-state index in [2.05, 4.69) is 10.3 Å². The number of methoxy groups -OCH3 is 1. The molecule has 108 valence electrons. The van der Waals surface area contributed by atoms with Gasteiger partial charge in [-0.25, -0.2) is 4.98 Å². The van der Waals surface area contributed by atoms with Crippen molar-refractivity contribution in [2.75, 3.05) is 19.0 Å². The minimum atomic E-state index is 0.618. The van der Waals surface area contributed by atoms with E-state index in [-0.39, 0.29) is 0 Å². The van der Waals surface area contributed by atoms with E-state index in [1.54, 1.807) is 18.4 Å². The van der Waals surface area contributed by atoms with E-state index in [1.165, 1.54) is 4.88 Å². The molecule has 0 atom stereocenters. The van der Waals surface area contributed by atoms with E-state index in [9.17, 15) is 0 Å². The molecule has 0 spiro atoms. The predicted molar refractivity (Wildman–Crippen MR) is 83.1 cm³/mol. The highest BCUT2D eigenvalue weighted by atomic mass is 32.1. The quantitative estimate of drug-likeness (QED) is 0.880. The third-order valence-corrected chi connectivity index (χ3v) is 3.99. The van der Waals surface area contributed by atoms with Gasteiger partial charge < -0.3 is 14.8 Å². The molecule has 1 aromatic carbocycles. The van der Waals surface area contributed by atoms with Gasteiger partial charge in [-0.15, -0.1) is 11.3 Å². The van der Waals surface area contributed by atoms with Gasteiger partial charge >= 0.3 is 0 Å². The number of aryl methyl sites for hydroxylation is 2. The number of rotatable bonds is 6. The first-order valence-electron chi connectivity index (χ1n) is 6.61. The molecular formula is C15H20N2O2S. The second-order valence-electron chi connectivity index (χ2n) is 4.39. The summed E-state index contributed by atoms with van der Waals surface area (Å²) in [5, 5.41) is 4.50. The van der Waals surface area contributed by atoms with Gasteiger partial charge in [0, 0.05) is 16.6 Å². The molecular weight excluding hydrogens is 272 g/mol. The Hall–Kier alpha value is -1.75. The highest BCUT2D eigenvalue weighted by molar-refractivity contribution is 7.11. The second-order valence-corrected chi connectivity index (χ2v) is 5.68. The first kappa shape index (κ1) is 14.7. The van der Waals surface area contributed by atoms with Crippen molar-refractivity contribution in [3.8, 4) is 11.5 Å². The molecule has 0 radical (unpaired) electrons. The highest BCUT2D eigenvalue weighted by Gasteiger charge is 2.07. The van der Waals surface area contributed by atoms with Crippen LogP contribution in [0.15, 0.2) is 18.2 Å². The molecule has 20 heavy (non-hydrogen) atoms. The van der Waals surface area contributed by atoms with Crippen LogP contribution in [0.2, 0.25) is 0 Å². The van der Waals surface area contributed by atoms with Crippen LogP contribution in [0.1, 0.15) is 22.5 Å². The van der Waals surface area contributed by atoms with Gasteiger partial charge in [0.25, 0.3) is 0 Å². The number of aromatic nitrogens is 1. The van der Waals surface area contributed by atoms with Crippen molar-refractivity contribution in [1.29, 1.82) is 0 Å². The van der Waals surface area contributed by atoms with Crippen LogP contribution in [0.4, 0.5) is 5.69 Å². The van der Waals surface area contributed by atoms with Crippen molar-refractivity contribution in [3.05, 3.63) is 33.8 Å². The summed E-state index contributed by atoms with van der Waals surface area (Å²) in [6.07, 6.45) is 0. The van der Waals surface area contributed by atoms with Gasteiger partial charge in [0.1, 0.15) is 0 Å². The molecule has 0 aliphatic rings. The summed E-state index contributed by atoms with van der Waals surface area (Å²) in [6.45, 7) is 7.42. The van der Waals surface area contributed by atoms with E-state index >= 15 is 0 Å². The Labute approximate surface area is 123 Å². The number of ether oxygens (including phenoxy) is 2. The fourth-order valence-corrected chi connectivity index (χ4v) is 2.85. The van der Waals surface area contributed by atoms with Crippen molar-refractivity contribution in [3.63, 3.8) is 0 Å². The second kappa shape index (κ2) is 6.61. The zero-order chi connectivity index (χ0) is 14.5. The predicted octanol–water partition coefficient (Wildman–Crippen LogP) is 3.78. The molecule has 5 heteroatoms. The lowest BCUT2D eigenvalue weighted by Crippen LogP contribution is -2.01. The van der Waals surface area contributed by atoms with Crippen LogP contribution >= 0.6 is 11.3 Å². The van der Waals surface area contributed by atoms with Crippen LogP contribution in [0, 0.1) is 13.8 Å². The molecule has 0 bridgehead atoms. The van der Waals surface area contributed by atoms with E-state index in [0.717, 1.165) is 34.4 Å². The minimum Gasteiger partial charge on any atom is -0.493 e.